The van der Waals surface area contributed by atoms with Crippen LogP contribution in [0.2, 0.25) is 0 Å². The molecule has 0 aliphatic rings. The summed E-state index contributed by atoms with van der Waals surface area (Å²) < 4.78 is 5.32. The van der Waals surface area contributed by atoms with Crippen molar-refractivity contribution in [2.45, 2.75) is 33.8 Å². The van der Waals surface area contributed by atoms with Crippen LogP contribution in [0, 0.1) is 5.92 Å². The number of rotatable bonds is 8. The molecule has 0 aliphatic carbocycles. The largest absolute Gasteiger partial charge is 0.377 e. The average molecular weight is 216 g/mol. The Morgan fingerprint density at radius 2 is 1.93 bits per heavy atom. The number of amides is 1. The van der Waals surface area contributed by atoms with Crippen molar-refractivity contribution in [3.05, 3.63) is 0 Å². The van der Waals surface area contributed by atoms with Gasteiger partial charge in [-0.3, -0.25) is 4.79 Å². The van der Waals surface area contributed by atoms with Crippen LogP contribution in [-0.2, 0) is 9.53 Å². The molecule has 0 aliphatic heterocycles. The molecule has 0 aromatic carbocycles. The summed E-state index contributed by atoms with van der Waals surface area (Å²) in [4.78, 5) is 11.6. The van der Waals surface area contributed by atoms with Crippen LogP contribution in [0.5, 0.6) is 0 Å². The fourth-order valence-electron chi connectivity index (χ4n) is 1.22. The van der Waals surface area contributed by atoms with E-state index in [0.717, 1.165) is 13.1 Å². The van der Waals surface area contributed by atoms with Crippen molar-refractivity contribution >= 4 is 5.91 Å². The van der Waals surface area contributed by atoms with Crippen LogP contribution in [0.15, 0.2) is 0 Å². The van der Waals surface area contributed by atoms with Crippen LogP contribution < -0.4 is 10.6 Å². The molecule has 15 heavy (non-hydrogen) atoms. The Morgan fingerprint density at radius 3 is 2.47 bits per heavy atom. The minimum atomic E-state index is 0.0128. The molecule has 0 fully saturated rings. The van der Waals surface area contributed by atoms with Gasteiger partial charge in [0.25, 0.3) is 0 Å². The summed E-state index contributed by atoms with van der Waals surface area (Å²) >= 11 is 0. The van der Waals surface area contributed by atoms with Gasteiger partial charge in [-0.25, -0.2) is 0 Å². The maximum atomic E-state index is 11.6. The van der Waals surface area contributed by atoms with Crippen molar-refractivity contribution in [1.82, 2.24) is 10.6 Å². The van der Waals surface area contributed by atoms with E-state index in [2.05, 4.69) is 10.6 Å². The number of carbonyl (C=O) groups excluding carboxylic acids is 1. The summed E-state index contributed by atoms with van der Waals surface area (Å²) in [5.41, 5.74) is 0. The summed E-state index contributed by atoms with van der Waals surface area (Å²) in [6.07, 6.45) is 0.0882. The summed E-state index contributed by atoms with van der Waals surface area (Å²) in [7, 11) is 0. The second-order valence-corrected chi connectivity index (χ2v) is 3.72. The fourth-order valence-corrected chi connectivity index (χ4v) is 1.22. The van der Waals surface area contributed by atoms with Gasteiger partial charge in [-0.05, 0) is 20.4 Å². The molecule has 0 aromatic heterocycles. The lowest BCUT2D eigenvalue weighted by atomic mass is 10.1. The number of hydrogen-bond donors (Lipinski definition) is 2. The highest BCUT2D eigenvalue weighted by molar-refractivity contribution is 5.78. The molecule has 2 unspecified atom stereocenters. The molecular formula is C11H24N2O2. The Balaban J connectivity index is 3.63. The zero-order valence-corrected chi connectivity index (χ0v) is 10.3. The number of carbonyl (C=O) groups is 1. The van der Waals surface area contributed by atoms with Crippen LogP contribution >= 0.6 is 0 Å². The first-order chi connectivity index (χ1) is 7.11. The normalized spacial score (nSPS) is 14.7. The third-order valence-electron chi connectivity index (χ3n) is 2.16. The molecule has 0 saturated heterocycles. The van der Waals surface area contributed by atoms with E-state index in [-0.39, 0.29) is 17.9 Å². The average Bonchev–Trinajstić information content (AvgIpc) is 2.22. The van der Waals surface area contributed by atoms with E-state index in [4.69, 9.17) is 4.74 Å². The van der Waals surface area contributed by atoms with Gasteiger partial charge in [0.05, 0.1) is 6.10 Å². The van der Waals surface area contributed by atoms with Crippen LogP contribution in [-0.4, -0.2) is 38.3 Å². The van der Waals surface area contributed by atoms with Gasteiger partial charge in [0.1, 0.15) is 0 Å². The first-order valence-corrected chi connectivity index (χ1v) is 5.71. The Bertz CT molecular complexity index is 174. The van der Waals surface area contributed by atoms with Crippen molar-refractivity contribution in [2.75, 3.05) is 26.2 Å². The quantitative estimate of drug-likeness (QED) is 0.630. The number of nitrogens with one attached hydrogen (secondary N) is 2. The zero-order chi connectivity index (χ0) is 11.7. The van der Waals surface area contributed by atoms with Gasteiger partial charge >= 0.3 is 0 Å². The Hall–Kier alpha value is -0.610. The fraction of sp³-hybridized carbons (Fsp3) is 0.909. The van der Waals surface area contributed by atoms with Gasteiger partial charge in [0.15, 0.2) is 0 Å². The van der Waals surface area contributed by atoms with Crippen LogP contribution in [0.3, 0.4) is 0 Å². The molecule has 2 N–H and O–H groups in total. The van der Waals surface area contributed by atoms with Crippen LogP contribution in [0.1, 0.15) is 27.7 Å². The lowest BCUT2D eigenvalue weighted by molar-refractivity contribution is -0.125. The highest BCUT2D eigenvalue weighted by Gasteiger charge is 2.12. The molecular weight excluding hydrogens is 192 g/mol. The molecule has 0 bridgehead atoms. The number of hydrogen-bond acceptors (Lipinski definition) is 3. The molecule has 2 atom stereocenters. The Labute approximate surface area is 92.8 Å². The van der Waals surface area contributed by atoms with Gasteiger partial charge in [0, 0.05) is 25.6 Å². The first-order valence-electron chi connectivity index (χ1n) is 5.71. The highest BCUT2D eigenvalue weighted by atomic mass is 16.5. The molecule has 4 heteroatoms. The van der Waals surface area contributed by atoms with Gasteiger partial charge in [0.2, 0.25) is 5.91 Å². The number of ether oxygens (including phenoxy) is 1. The first kappa shape index (κ1) is 14.4. The standard InChI is InChI=1S/C11H24N2O2/c1-5-12-7-9(3)11(14)13-8-10(4)15-6-2/h9-10,12H,5-8H2,1-4H3,(H,13,14). The summed E-state index contributed by atoms with van der Waals surface area (Å²) in [6, 6.07) is 0. The molecule has 0 spiro atoms. The van der Waals surface area contributed by atoms with Gasteiger partial charge in [-0.2, -0.15) is 0 Å². The van der Waals surface area contributed by atoms with Crippen LogP contribution in [0.25, 0.3) is 0 Å². The van der Waals surface area contributed by atoms with Crippen molar-refractivity contribution in [2.24, 2.45) is 5.92 Å². The minimum Gasteiger partial charge on any atom is -0.377 e. The predicted molar refractivity (Wildman–Crippen MR) is 61.8 cm³/mol. The summed E-state index contributed by atoms with van der Waals surface area (Å²) in [5, 5.41) is 6.02. The molecule has 90 valence electrons. The van der Waals surface area contributed by atoms with Crippen molar-refractivity contribution in [3.8, 4) is 0 Å². The maximum Gasteiger partial charge on any atom is 0.224 e. The minimum absolute atomic E-state index is 0.0128. The maximum absolute atomic E-state index is 11.6. The van der Waals surface area contributed by atoms with Crippen molar-refractivity contribution in [3.63, 3.8) is 0 Å². The third kappa shape index (κ3) is 7.33. The van der Waals surface area contributed by atoms with E-state index in [9.17, 15) is 4.79 Å². The van der Waals surface area contributed by atoms with E-state index in [1.165, 1.54) is 0 Å². The Kier molecular flexibility index (Phi) is 8.33. The lowest BCUT2D eigenvalue weighted by Crippen LogP contribution is -2.39. The molecule has 0 aromatic rings. The molecule has 0 heterocycles. The summed E-state index contributed by atoms with van der Waals surface area (Å²) in [5.74, 6) is 0.0984. The zero-order valence-electron chi connectivity index (χ0n) is 10.3. The van der Waals surface area contributed by atoms with Gasteiger partial charge in [-0.1, -0.05) is 13.8 Å². The molecule has 1 amide bonds. The predicted octanol–water partition coefficient (Wildman–Crippen LogP) is 0.773. The lowest BCUT2D eigenvalue weighted by Gasteiger charge is -2.15. The van der Waals surface area contributed by atoms with Gasteiger partial charge < -0.3 is 15.4 Å². The molecule has 0 radical (unpaired) electrons. The van der Waals surface area contributed by atoms with E-state index >= 15 is 0 Å². The third-order valence-corrected chi connectivity index (χ3v) is 2.16. The molecule has 0 saturated carbocycles. The summed E-state index contributed by atoms with van der Waals surface area (Å²) in [6.45, 7) is 10.8. The van der Waals surface area contributed by atoms with E-state index < -0.39 is 0 Å². The second kappa shape index (κ2) is 8.68. The highest BCUT2D eigenvalue weighted by Crippen LogP contribution is 1.94. The van der Waals surface area contributed by atoms with E-state index in [1.807, 2.05) is 27.7 Å². The SMILES string of the molecule is CCNCC(C)C(=O)NCC(C)OCC. The topological polar surface area (TPSA) is 50.4 Å². The molecule has 0 rings (SSSR count). The van der Waals surface area contributed by atoms with Crippen molar-refractivity contribution < 1.29 is 9.53 Å². The van der Waals surface area contributed by atoms with Gasteiger partial charge in [-0.15, -0.1) is 0 Å². The van der Waals surface area contributed by atoms with Crippen LogP contribution in [0.4, 0.5) is 0 Å². The van der Waals surface area contributed by atoms with E-state index in [1.54, 1.807) is 0 Å². The van der Waals surface area contributed by atoms with Crippen molar-refractivity contribution in [1.29, 1.82) is 0 Å². The Morgan fingerprint density at radius 1 is 1.27 bits per heavy atom. The monoisotopic (exact) mass is 216 g/mol. The smallest absolute Gasteiger partial charge is 0.224 e. The molecule has 4 nitrogen and oxygen atoms in total. The second-order valence-electron chi connectivity index (χ2n) is 3.72. The van der Waals surface area contributed by atoms with E-state index in [0.29, 0.717) is 13.2 Å².